The molecule has 4 heteroatoms. The van der Waals surface area contributed by atoms with Gasteiger partial charge in [-0.05, 0) is 6.92 Å². The van der Waals surface area contributed by atoms with Crippen LogP contribution < -0.4 is 5.73 Å². The molecule has 0 aromatic carbocycles. The van der Waals surface area contributed by atoms with Gasteiger partial charge in [0.1, 0.15) is 0 Å². The van der Waals surface area contributed by atoms with Crippen molar-refractivity contribution in [2.75, 3.05) is 12.3 Å². The molecule has 0 aliphatic heterocycles. The molecule has 0 radical (unpaired) electrons. The van der Waals surface area contributed by atoms with E-state index in [1.165, 1.54) is 4.90 Å². The molecule has 1 rings (SSSR count). The predicted molar refractivity (Wildman–Crippen MR) is 47.7 cm³/mol. The first-order valence-electron chi connectivity index (χ1n) is 3.72. The highest BCUT2D eigenvalue weighted by Gasteiger charge is 1.95. The lowest BCUT2D eigenvalue weighted by molar-refractivity contribution is 0.659. The van der Waals surface area contributed by atoms with E-state index < -0.39 is 0 Å². The van der Waals surface area contributed by atoms with Crippen LogP contribution in [0.3, 0.4) is 0 Å². The van der Waals surface area contributed by atoms with E-state index in [9.17, 15) is 0 Å². The molecule has 1 heterocycles. The Kier molecular flexibility index (Phi) is 3.45. The summed E-state index contributed by atoms with van der Waals surface area (Å²) in [5.74, 6) is 0.968. The summed E-state index contributed by atoms with van der Waals surface area (Å²) in [6.45, 7) is 3.73. The van der Waals surface area contributed by atoms with E-state index in [0.717, 1.165) is 18.8 Å². The zero-order chi connectivity index (χ0) is 8.10. The van der Waals surface area contributed by atoms with E-state index >= 15 is 0 Å². The van der Waals surface area contributed by atoms with Gasteiger partial charge in [-0.15, -0.1) is 11.8 Å². The maximum atomic E-state index is 5.37. The average molecular weight is 171 g/mol. The number of rotatable bonds is 4. The van der Waals surface area contributed by atoms with Crippen molar-refractivity contribution in [1.29, 1.82) is 0 Å². The van der Waals surface area contributed by atoms with Crippen LogP contribution in [-0.4, -0.2) is 22.1 Å². The molecular weight excluding hydrogens is 158 g/mol. The molecule has 0 spiro atoms. The number of nitrogens with zero attached hydrogens (tertiary/aromatic N) is 2. The maximum absolute atomic E-state index is 5.37. The fourth-order valence-electron chi connectivity index (χ4n) is 0.769. The highest BCUT2D eigenvalue weighted by Crippen LogP contribution is 2.15. The van der Waals surface area contributed by atoms with Gasteiger partial charge in [0, 0.05) is 29.9 Å². The third kappa shape index (κ3) is 2.55. The van der Waals surface area contributed by atoms with Gasteiger partial charge in [0.2, 0.25) is 0 Å². The molecule has 1 aromatic rings. The van der Waals surface area contributed by atoms with E-state index in [2.05, 4.69) is 12.0 Å². The number of aromatic nitrogens is 2. The monoisotopic (exact) mass is 171 g/mol. The van der Waals surface area contributed by atoms with Crippen molar-refractivity contribution >= 4 is 11.8 Å². The quantitative estimate of drug-likeness (QED) is 0.686. The molecule has 0 aliphatic carbocycles. The second kappa shape index (κ2) is 4.41. The van der Waals surface area contributed by atoms with E-state index in [1.54, 1.807) is 11.8 Å². The highest BCUT2D eigenvalue weighted by atomic mass is 32.2. The zero-order valence-electron chi connectivity index (χ0n) is 6.66. The lowest BCUT2D eigenvalue weighted by Crippen LogP contribution is -2.00. The zero-order valence-corrected chi connectivity index (χ0v) is 7.47. The Hall–Kier alpha value is -0.480. The summed E-state index contributed by atoms with van der Waals surface area (Å²) in [5, 5.41) is 4.14. The summed E-state index contributed by atoms with van der Waals surface area (Å²) < 4.78 is 1.92. The lowest BCUT2D eigenvalue weighted by atomic mass is 10.7. The van der Waals surface area contributed by atoms with Gasteiger partial charge in [0.25, 0.3) is 0 Å². The minimum atomic E-state index is 0.724. The smallest absolute Gasteiger partial charge is 0.0625 e. The van der Waals surface area contributed by atoms with Crippen LogP contribution in [0.15, 0.2) is 17.3 Å². The summed E-state index contributed by atoms with van der Waals surface area (Å²) in [4.78, 5) is 1.21. The van der Waals surface area contributed by atoms with E-state index in [1.807, 2.05) is 17.1 Å². The van der Waals surface area contributed by atoms with Gasteiger partial charge in [-0.25, -0.2) is 0 Å². The molecule has 0 atom stereocenters. The fourth-order valence-corrected chi connectivity index (χ4v) is 1.44. The van der Waals surface area contributed by atoms with Crippen molar-refractivity contribution in [2.24, 2.45) is 5.73 Å². The lowest BCUT2D eigenvalue weighted by Gasteiger charge is -1.92. The summed E-state index contributed by atoms with van der Waals surface area (Å²) in [6.07, 6.45) is 3.92. The molecule has 62 valence electrons. The van der Waals surface area contributed by atoms with Gasteiger partial charge in [-0.2, -0.15) is 5.10 Å². The van der Waals surface area contributed by atoms with E-state index in [0.29, 0.717) is 0 Å². The van der Waals surface area contributed by atoms with E-state index in [4.69, 9.17) is 5.73 Å². The Balaban J connectivity index is 2.44. The summed E-state index contributed by atoms with van der Waals surface area (Å²) in [5.41, 5.74) is 5.37. The minimum Gasteiger partial charge on any atom is -0.330 e. The van der Waals surface area contributed by atoms with Crippen LogP contribution in [0.25, 0.3) is 0 Å². The summed E-state index contributed by atoms with van der Waals surface area (Å²) >= 11 is 1.75. The first-order chi connectivity index (χ1) is 5.36. The normalized spacial score (nSPS) is 10.4. The van der Waals surface area contributed by atoms with Gasteiger partial charge in [0.15, 0.2) is 0 Å². The molecule has 1 aromatic heterocycles. The molecule has 0 aliphatic rings. The Morgan fingerprint density at radius 2 is 2.55 bits per heavy atom. The minimum absolute atomic E-state index is 0.724. The first-order valence-corrected chi connectivity index (χ1v) is 4.70. The van der Waals surface area contributed by atoms with E-state index in [-0.39, 0.29) is 0 Å². The van der Waals surface area contributed by atoms with Crippen molar-refractivity contribution in [3.8, 4) is 0 Å². The maximum Gasteiger partial charge on any atom is 0.0625 e. The van der Waals surface area contributed by atoms with Crippen LogP contribution in [0.1, 0.15) is 6.92 Å². The Bertz CT molecular complexity index is 209. The molecular formula is C7H13N3S. The SMILES string of the molecule is CCn1cc(SCCN)cn1. The molecule has 2 N–H and O–H groups in total. The van der Waals surface area contributed by atoms with Gasteiger partial charge < -0.3 is 5.73 Å². The van der Waals surface area contributed by atoms with Crippen LogP contribution in [0.2, 0.25) is 0 Å². The second-order valence-corrected chi connectivity index (χ2v) is 3.34. The van der Waals surface area contributed by atoms with Crippen LogP contribution >= 0.6 is 11.8 Å². The third-order valence-electron chi connectivity index (χ3n) is 1.32. The number of aryl methyl sites for hydroxylation is 1. The number of hydrogen-bond donors (Lipinski definition) is 1. The molecule has 0 bridgehead atoms. The van der Waals surface area contributed by atoms with Crippen molar-refractivity contribution in [3.63, 3.8) is 0 Å². The first kappa shape index (κ1) is 8.62. The largest absolute Gasteiger partial charge is 0.330 e. The molecule has 3 nitrogen and oxygen atoms in total. The second-order valence-electron chi connectivity index (χ2n) is 2.17. The predicted octanol–water partition coefficient (Wildman–Crippen LogP) is 0.954. The third-order valence-corrected chi connectivity index (χ3v) is 2.30. The van der Waals surface area contributed by atoms with Gasteiger partial charge in [0.05, 0.1) is 6.20 Å². The molecule has 0 amide bonds. The highest BCUT2D eigenvalue weighted by molar-refractivity contribution is 7.99. The fraction of sp³-hybridized carbons (Fsp3) is 0.571. The Morgan fingerprint density at radius 3 is 3.09 bits per heavy atom. The van der Waals surface area contributed by atoms with Crippen LogP contribution in [0, 0.1) is 0 Å². The molecule has 0 saturated heterocycles. The summed E-state index contributed by atoms with van der Waals surface area (Å²) in [6, 6.07) is 0. The number of nitrogens with two attached hydrogens (primary N) is 1. The van der Waals surface area contributed by atoms with Crippen LogP contribution in [0.4, 0.5) is 0 Å². The Labute approximate surface area is 71.0 Å². The van der Waals surface area contributed by atoms with Gasteiger partial charge >= 0.3 is 0 Å². The van der Waals surface area contributed by atoms with Crippen LogP contribution in [-0.2, 0) is 6.54 Å². The standard InChI is InChI=1S/C7H13N3S/c1-2-10-6-7(5-9-10)11-4-3-8/h5-6H,2-4,8H2,1H3. The van der Waals surface area contributed by atoms with Crippen molar-refractivity contribution in [3.05, 3.63) is 12.4 Å². The number of thioether (sulfide) groups is 1. The average Bonchev–Trinajstić information content (AvgIpc) is 2.48. The van der Waals surface area contributed by atoms with Gasteiger partial charge in [-0.1, -0.05) is 0 Å². The Morgan fingerprint density at radius 1 is 1.73 bits per heavy atom. The van der Waals surface area contributed by atoms with Crippen LogP contribution in [0.5, 0.6) is 0 Å². The summed E-state index contributed by atoms with van der Waals surface area (Å²) in [7, 11) is 0. The van der Waals surface area contributed by atoms with Crippen molar-refractivity contribution in [1.82, 2.24) is 9.78 Å². The van der Waals surface area contributed by atoms with Gasteiger partial charge in [-0.3, -0.25) is 4.68 Å². The topological polar surface area (TPSA) is 43.8 Å². The molecule has 11 heavy (non-hydrogen) atoms. The number of hydrogen-bond acceptors (Lipinski definition) is 3. The molecule has 0 fully saturated rings. The molecule has 0 unspecified atom stereocenters. The molecule has 0 saturated carbocycles. The van der Waals surface area contributed by atoms with Crippen molar-refractivity contribution < 1.29 is 0 Å². The van der Waals surface area contributed by atoms with Crippen molar-refractivity contribution in [2.45, 2.75) is 18.4 Å².